The Morgan fingerprint density at radius 1 is 1.19 bits per heavy atom. The summed E-state index contributed by atoms with van der Waals surface area (Å²) >= 11 is 0. The van der Waals surface area contributed by atoms with Gasteiger partial charge in [0, 0.05) is 13.1 Å². The van der Waals surface area contributed by atoms with Crippen LogP contribution in [0.2, 0.25) is 0 Å². The van der Waals surface area contributed by atoms with Crippen LogP contribution in [0.5, 0.6) is 5.75 Å². The van der Waals surface area contributed by atoms with Crippen molar-refractivity contribution in [2.75, 3.05) is 19.7 Å². The van der Waals surface area contributed by atoms with Crippen LogP contribution in [-0.4, -0.2) is 64.4 Å². The van der Waals surface area contributed by atoms with E-state index in [0.29, 0.717) is 12.1 Å². The highest BCUT2D eigenvalue weighted by Gasteiger charge is 2.35. The maximum Gasteiger partial charge on any atom is 0.408 e. The summed E-state index contributed by atoms with van der Waals surface area (Å²) in [6.45, 7) is 8.63. The number of hydrogen-bond donors (Lipinski definition) is 4. The van der Waals surface area contributed by atoms with E-state index in [1.165, 1.54) is 17.0 Å². The second kappa shape index (κ2) is 12.1. The van der Waals surface area contributed by atoms with E-state index in [0.717, 1.165) is 12.8 Å². The number of amides is 3. The van der Waals surface area contributed by atoms with Crippen molar-refractivity contribution in [2.24, 2.45) is 0 Å². The molecule has 31 heavy (non-hydrogen) atoms. The van der Waals surface area contributed by atoms with Crippen LogP contribution in [0.15, 0.2) is 24.3 Å². The van der Waals surface area contributed by atoms with Crippen molar-refractivity contribution in [3.63, 3.8) is 0 Å². The van der Waals surface area contributed by atoms with Gasteiger partial charge in [0.2, 0.25) is 11.8 Å². The molecule has 0 heterocycles. The summed E-state index contributed by atoms with van der Waals surface area (Å²) in [4.78, 5) is 39.6. The lowest BCUT2D eigenvalue weighted by Gasteiger charge is -2.33. The molecular weight excluding hydrogens is 402 g/mol. The van der Waals surface area contributed by atoms with Crippen molar-refractivity contribution >= 4 is 17.9 Å². The van der Waals surface area contributed by atoms with Gasteiger partial charge < -0.3 is 30.5 Å². The number of aromatic hydroxyl groups is 1. The Bertz CT molecular complexity index is 747. The van der Waals surface area contributed by atoms with E-state index < -0.39 is 42.2 Å². The molecule has 0 aliphatic carbocycles. The fourth-order valence-corrected chi connectivity index (χ4v) is 2.95. The van der Waals surface area contributed by atoms with E-state index >= 15 is 0 Å². The number of aliphatic hydroxyl groups is 1. The van der Waals surface area contributed by atoms with E-state index in [4.69, 9.17) is 4.74 Å². The zero-order valence-corrected chi connectivity index (χ0v) is 19.0. The minimum Gasteiger partial charge on any atom is -0.508 e. The molecule has 0 spiro atoms. The van der Waals surface area contributed by atoms with Crippen molar-refractivity contribution < 1.29 is 29.3 Å². The van der Waals surface area contributed by atoms with Crippen LogP contribution in [0.25, 0.3) is 0 Å². The van der Waals surface area contributed by atoms with Crippen molar-refractivity contribution in [3.05, 3.63) is 29.8 Å². The fraction of sp³-hybridized carbons (Fsp3) is 0.591. The van der Waals surface area contributed by atoms with E-state index in [2.05, 4.69) is 10.6 Å². The third-order valence-electron chi connectivity index (χ3n) is 4.37. The van der Waals surface area contributed by atoms with Crippen LogP contribution in [-0.2, 0) is 14.3 Å². The van der Waals surface area contributed by atoms with Crippen LogP contribution in [0, 0.1) is 0 Å². The molecule has 9 nitrogen and oxygen atoms in total. The molecule has 0 fully saturated rings. The van der Waals surface area contributed by atoms with Crippen LogP contribution in [0.1, 0.15) is 59.1 Å². The molecule has 0 aliphatic rings. The molecule has 4 N–H and O–H groups in total. The number of hydrogen-bond acceptors (Lipinski definition) is 6. The Morgan fingerprint density at radius 3 is 2.39 bits per heavy atom. The maximum absolute atomic E-state index is 13.2. The molecule has 0 radical (unpaired) electrons. The first kappa shape index (κ1) is 26.2. The smallest absolute Gasteiger partial charge is 0.408 e. The van der Waals surface area contributed by atoms with Crippen LogP contribution < -0.4 is 10.6 Å². The number of nitrogens with one attached hydrogen (secondary N) is 2. The van der Waals surface area contributed by atoms with Crippen LogP contribution in [0.4, 0.5) is 4.79 Å². The first-order valence-corrected chi connectivity index (χ1v) is 10.5. The van der Waals surface area contributed by atoms with Gasteiger partial charge in [-0.3, -0.25) is 9.59 Å². The summed E-state index contributed by atoms with van der Waals surface area (Å²) < 4.78 is 5.16. The first-order valence-electron chi connectivity index (χ1n) is 10.5. The summed E-state index contributed by atoms with van der Waals surface area (Å²) in [5, 5.41) is 24.8. The molecule has 0 saturated heterocycles. The van der Waals surface area contributed by atoms with E-state index in [-0.39, 0.29) is 12.3 Å². The summed E-state index contributed by atoms with van der Waals surface area (Å²) in [6.07, 6.45) is 0.815. The average Bonchev–Trinajstić information content (AvgIpc) is 2.68. The Balaban J connectivity index is 3.18. The van der Waals surface area contributed by atoms with Gasteiger partial charge in [-0.15, -0.1) is 0 Å². The number of benzene rings is 1. The Hall–Kier alpha value is -2.81. The fourth-order valence-electron chi connectivity index (χ4n) is 2.95. The molecule has 2 atom stereocenters. The van der Waals surface area contributed by atoms with Gasteiger partial charge in [-0.1, -0.05) is 25.5 Å². The SMILES string of the molecule is CCCCNC(=O)C(c1cccc(O)c1)N(CC)C(=O)C(CO)NC(=O)OC(C)(C)C. The molecule has 9 heteroatoms. The quantitative estimate of drug-likeness (QED) is 0.415. The summed E-state index contributed by atoms with van der Waals surface area (Å²) in [5.74, 6) is -1.10. The number of likely N-dealkylation sites (N-methyl/N-ethyl adjacent to an activating group) is 1. The maximum atomic E-state index is 13.2. The third kappa shape index (κ3) is 8.45. The largest absolute Gasteiger partial charge is 0.508 e. The Labute approximate surface area is 183 Å². The topological polar surface area (TPSA) is 128 Å². The zero-order chi connectivity index (χ0) is 23.6. The van der Waals surface area contributed by atoms with Gasteiger partial charge in [0.15, 0.2) is 0 Å². The van der Waals surface area contributed by atoms with Gasteiger partial charge in [-0.25, -0.2) is 4.79 Å². The lowest BCUT2D eigenvalue weighted by Crippen LogP contribution is -2.54. The molecular formula is C22H35N3O6. The number of carbonyl (C=O) groups excluding carboxylic acids is 3. The van der Waals surface area contributed by atoms with Gasteiger partial charge in [0.25, 0.3) is 0 Å². The number of nitrogens with zero attached hydrogens (tertiary/aromatic N) is 1. The van der Waals surface area contributed by atoms with E-state index in [1.54, 1.807) is 39.8 Å². The van der Waals surface area contributed by atoms with Gasteiger partial charge in [-0.05, 0) is 51.8 Å². The first-order chi connectivity index (χ1) is 14.5. The second-order valence-corrected chi connectivity index (χ2v) is 8.15. The Kier molecular flexibility index (Phi) is 10.3. The van der Waals surface area contributed by atoms with Crippen molar-refractivity contribution in [3.8, 4) is 5.75 Å². The predicted molar refractivity (Wildman–Crippen MR) is 116 cm³/mol. The van der Waals surface area contributed by atoms with Crippen LogP contribution in [0.3, 0.4) is 0 Å². The third-order valence-corrected chi connectivity index (χ3v) is 4.37. The van der Waals surface area contributed by atoms with Crippen molar-refractivity contribution in [1.29, 1.82) is 0 Å². The molecule has 1 aromatic rings. The zero-order valence-electron chi connectivity index (χ0n) is 19.0. The average molecular weight is 438 g/mol. The number of ether oxygens (including phenoxy) is 1. The number of unbranched alkanes of at least 4 members (excludes halogenated alkanes) is 1. The molecule has 0 aliphatic heterocycles. The number of aliphatic hydroxyl groups excluding tert-OH is 1. The number of alkyl carbamates (subject to hydrolysis) is 1. The summed E-state index contributed by atoms with van der Waals surface area (Å²) in [7, 11) is 0. The lowest BCUT2D eigenvalue weighted by molar-refractivity contribution is -0.143. The molecule has 0 saturated carbocycles. The minimum absolute atomic E-state index is 0.0436. The summed E-state index contributed by atoms with van der Waals surface area (Å²) in [6, 6.07) is 3.75. The standard InChI is InChI=1S/C22H35N3O6/c1-6-8-12-23-19(28)18(15-10-9-11-16(27)13-15)25(7-2)20(29)17(14-26)24-21(30)31-22(3,4)5/h9-11,13,17-18,26-27H,6-8,12,14H2,1-5H3,(H,23,28)(H,24,30). The highest BCUT2D eigenvalue weighted by molar-refractivity contribution is 5.92. The summed E-state index contributed by atoms with van der Waals surface area (Å²) in [5.41, 5.74) is -0.362. The van der Waals surface area contributed by atoms with Crippen LogP contribution >= 0.6 is 0 Å². The van der Waals surface area contributed by atoms with Gasteiger partial charge in [0.05, 0.1) is 6.61 Å². The van der Waals surface area contributed by atoms with Crippen molar-refractivity contribution in [1.82, 2.24) is 15.5 Å². The molecule has 3 amide bonds. The molecule has 2 unspecified atom stereocenters. The van der Waals surface area contributed by atoms with Gasteiger partial charge >= 0.3 is 6.09 Å². The normalized spacial score (nSPS) is 13.1. The number of phenolic OH excluding ortho intramolecular Hbond substituents is 1. The molecule has 174 valence electrons. The molecule has 0 bridgehead atoms. The van der Waals surface area contributed by atoms with Gasteiger partial charge in [0.1, 0.15) is 23.4 Å². The second-order valence-electron chi connectivity index (χ2n) is 8.15. The number of phenols is 1. The Morgan fingerprint density at radius 2 is 1.87 bits per heavy atom. The predicted octanol–water partition coefficient (Wildman–Crippen LogP) is 2.08. The molecule has 0 aromatic heterocycles. The highest BCUT2D eigenvalue weighted by Crippen LogP contribution is 2.25. The van der Waals surface area contributed by atoms with Gasteiger partial charge in [-0.2, -0.15) is 0 Å². The minimum atomic E-state index is -1.29. The molecule has 1 aromatic carbocycles. The van der Waals surface area contributed by atoms with Crippen molar-refractivity contribution in [2.45, 2.75) is 65.1 Å². The monoisotopic (exact) mass is 437 g/mol. The number of rotatable bonds is 10. The number of carbonyl (C=O) groups is 3. The highest BCUT2D eigenvalue weighted by atomic mass is 16.6. The van der Waals surface area contributed by atoms with E-state index in [9.17, 15) is 24.6 Å². The lowest BCUT2D eigenvalue weighted by atomic mass is 10.0. The molecule has 1 rings (SSSR count). The van der Waals surface area contributed by atoms with E-state index in [1.807, 2.05) is 6.92 Å².